The normalized spacial score (nSPS) is 16.4. The highest BCUT2D eigenvalue weighted by Gasteiger charge is 2.19. The van der Waals surface area contributed by atoms with Gasteiger partial charge in [0.15, 0.2) is 0 Å². The molecule has 1 aliphatic heterocycles. The number of nitrogens with one attached hydrogen (secondary N) is 1. The van der Waals surface area contributed by atoms with Crippen molar-refractivity contribution in [3.05, 3.63) is 24.3 Å². The van der Waals surface area contributed by atoms with Gasteiger partial charge < -0.3 is 15.1 Å². The Morgan fingerprint density at radius 2 is 1.95 bits per heavy atom. The standard InChI is InChI=1S/C16H27N3/c1-4-17-14(2)8-7-11-19-13-12-18(3)15-9-5-6-10-16(15)19/h5-6,9-10,14,17H,4,7-8,11-13H2,1-3H3. The molecule has 0 aliphatic carbocycles. The minimum absolute atomic E-state index is 0.632. The van der Waals surface area contributed by atoms with Crippen molar-refractivity contribution in [1.82, 2.24) is 5.32 Å². The molecule has 1 atom stereocenters. The fourth-order valence-electron chi connectivity index (χ4n) is 2.84. The minimum atomic E-state index is 0.632. The highest BCUT2D eigenvalue weighted by atomic mass is 15.2. The van der Waals surface area contributed by atoms with E-state index in [0.717, 1.165) is 19.6 Å². The fraction of sp³-hybridized carbons (Fsp3) is 0.625. The minimum Gasteiger partial charge on any atom is -0.371 e. The monoisotopic (exact) mass is 261 g/mol. The Bertz CT molecular complexity index is 391. The van der Waals surface area contributed by atoms with Crippen molar-refractivity contribution in [2.45, 2.75) is 32.7 Å². The van der Waals surface area contributed by atoms with Crippen molar-refractivity contribution in [3.8, 4) is 0 Å². The van der Waals surface area contributed by atoms with Crippen molar-refractivity contribution < 1.29 is 0 Å². The van der Waals surface area contributed by atoms with E-state index in [1.165, 1.54) is 30.8 Å². The molecule has 0 fully saturated rings. The van der Waals surface area contributed by atoms with Crippen molar-refractivity contribution in [2.75, 3.05) is 43.0 Å². The molecule has 3 nitrogen and oxygen atoms in total. The molecule has 2 rings (SSSR count). The van der Waals surface area contributed by atoms with E-state index in [-0.39, 0.29) is 0 Å². The molecule has 1 aromatic rings. The van der Waals surface area contributed by atoms with E-state index in [9.17, 15) is 0 Å². The van der Waals surface area contributed by atoms with Crippen LogP contribution < -0.4 is 15.1 Å². The molecule has 3 heteroatoms. The van der Waals surface area contributed by atoms with Gasteiger partial charge in [0, 0.05) is 32.7 Å². The zero-order valence-electron chi connectivity index (χ0n) is 12.5. The van der Waals surface area contributed by atoms with Crippen molar-refractivity contribution in [3.63, 3.8) is 0 Å². The van der Waals surface area contributed by atoms with Gasteiger partial charge in [-0.1, -0.05) is 19.1 Å². The molecule has 0 amide bonds. The Balaban J connectivity index is 1.90. The zero-order valence-corrected chi connectivity index (χ0v) is 12.5. The van der Waals surface area contributed by atoms with Gasteiger partial charge >= 0.3 is 0 Å². The van der Waals surface area contributed by atoms with Crippen LogP contribution in [-0.2, 0) is 0 Å². The second kappa shape index (κ2) is 6.80. The van der Waals surface area contributed by atoms with Crippen LogP contribution in [0.15, 0.2) is 24.3 Å². The van der Waals surface area contributed by atoms with Crippen molar-refractivity contribution >= 4 is 11.4 Å². The number of rotatable bonds is 6. The van der Waals surface area contributed by atoms with Gasteiger partial charge in [0.1, 0.15) is 0 Å². The molecule has 0 spiro atoms. The van der Waals surface area contributed by atoms with E-state index in [2.05, 4.69) is 60.3 Å². The lowest BCUT2D eigenvalue weighted by molar-refractivity contribution is 0.509. The predicted molar refractivity (Wildman–Crippen MR) is 84.3 cm³/mol. The molecule has 1 N–H and O–H groups in total. The third-order valence-corrected chi connectivity index (χ3v) is 3.96. The maximum Gasteiger partial charge on any atom is 0.0604 e. The first-order chi connectivity index (χ1) is 9.22. The van der Waals surface area contributed by atoms with Crippen molar-refractivity contribution in [1.29, 1.82) is 0 Å². The van der Waals surface area contributed by atoms with Crippen LogP contribution in [0.25, 0.3) is 0 Å². The summed E-state index contributed by atoms with van der Waals surface area (Å²) < 4.78 is 0. The predicted octanol–water partition coefficient (Wildman–Crippen LogP) is 2.72. The van der Waals surface area contributed by atoms with Crippen LogP contribution in [0.5, 0.6) is 0 Å². The molecule has 0 radical (unpaired) electrons. The van der Waals surface area contributed by atoms with E-state index in [1.54, 1.807) is 0 Å². The van der Waals surface area contributed by atoms with E-state index < -0.39 is 0 Å². The average Bonchev–Trinajstić information content (AvgIpc) is 2.42. The summed E-state index contributed by atoms with van der Waals surface area (Å²) in [6.45, 7) is 8.95. The smallest absolute Gasteiger partial charge is 0.0604 e. The van der Waals surface area contributed by atoms with Crippen LogP contribution >= 0.6 is 0 Å². The van der Waals surface area contributed by atoms with Gasteiger partial charge in [-0.3, -0.25) is 0 Å². The Kier molecular flexibility index (Phi) is 5.08. The molecule has 106 valence electrons. The van der Waals surface area contributed by atoms with Crippen LogP contribution in [0.4, 0.5) is 11.4 Å². The van der Waals surface area contributed by atoms with E-state index in [1.807, 2.05) is 0 Å². The highest BCUT2D eigenvalue weighted by Crippen LogP contribution is 2.31. The molecule has 1 aliphatic rings. The quantitative estimate of drug-likeness (QED) is 0.849. The third-order valence-electron chi connectivity index (χ3n) is 3.96. The van der Waals surface area contributed by atoms with Crippen LogP contribution in [0, 0.1) is 0 Å². The molecule has 1 unspecified atom stereocenters. The Labute approximate surface area is 117 Å². The van der Waals surface area contributed by atoms with Crippen LogP contribution in [0.3, 0.4) is 0 Å². The van der Waals surface area contributed by atoms with Crippen LogP contribution in [0.1, 0.15) is 26.7 Å². The molecule has 1 aromatic carbocycles. The number of hydrogen-bond acceptors (Lipinski definition) is 3. The second-order valence-corrected chi connectivity index (χ2v) is 5.50. The van der Waals surface area contributed by atoms with Crippen molar-refractivity contribution in [2.24, 2.45) is 0 Å². The zero-order chi connectivity index (χ0) is 13.7. The number of fused-ring (bicyclic) bond motifs is 1. The summed E-state index contributed by atoms with van der Waals surface area (Å²) in [5, 5.41) is 3.48. The lowest BCUT2D eigenvalue weighted by Crippen LogP contribution is -2.40. The first-order valence-corrected chi connectivity index (χ1v) is 7.51. The van der Waals surface area contributed by atoms with E-state index >= 15 is 0 Å². The molecule has 0 saturated carbocycles. The largest absolute Gasteiger partial charge is 0.371 e. The van der Waals surface area contributed by atoms with E-state index in [0.29, 0.717) is 6.04 Å². The summed E-state index contributed by atoms with van der Waals surface area (Å²) in [5.41, 5.74) is 2.76. The summed E-state index contributed by atoms with van der Waals surface area (Å²) in [6.07, 6.45) is 2.51. The van der Waals surface area contributed by atoms with Gasteiger partial charge in [0.05, 0.1) is 11.4 Å². The molecule has 0 bridgehead atoms. The number of benzene rings is 1. The van der Waals surface area contributed by atoms with Crippen LogP contribution in [-0.4, -0.2) is 39.3 Å². The molecular formula is C16H27N3. The van der Waals surface area contributed by atoms with Crippen LogP contribution in [0.2, 0.25) is 0 Å². The first kappa shape index (κ1) is 14.2. The molecule has 1 heterocycles. The van der Waals surface area contributed by atoms with Gasteiger partial charge in [0.2, 0.25) is 0 Å². The number of nitrogens with zero attached hydrogens (tertiary/aromatic N) is 2. The lowest BCUT2D eigenvalue weighted by Gasteiger charge is -2.37. The molecular weight excluding hydrogens is 234 g/mol. The topological polar surface area (TPSA) is 18.5 Å². The summed E-state index contributed by atoms with van der Waals surface area (Å²) in [6, 6.07) is 9.38. The maximum absolute atomic E-state index is 3.48. The van der Waals surface area contributed by atoms with E-state index in [4.69, 9.17) is 0 Å². The summed E-state index contributed by atoms with van der Waals surface area (Å²) in [7, 11) is 2.18. The van der Waals surface area contributed by atoms with Gasteiger partial charge in [0.25, 0.3) is 0 Å². The highest BCUT2D eigenvalue weighted by molar-refractivity contribution is 5.72. The summed E-state index contributed by atoms with van der Waals surface area (Å²) in [4.78, 5) is 4.89. The van der Waals surface area contributed by atoms with Gasteiger partial charge in [-0.15, -0.1) is 0 Å². The van der Waals surface area contributed by atoms with Gasteiger partial charge in [-0.2, -0.15) is 0 Å². The SMILES string of the molecule is CCNC(C)CCCN1CCN(C)c2ccccc21. The summed E-state index contributed by atoms with van der Waals surface area (Å²) >= 11 is 0. The second-order valence-electron chi connectivity index (χ2n) is 5.50. The number of hydrogen-bond donors (Lipinski definition) is 1. The fourth-order valence-corrected chi connectivity index (χ4v) is 2.84. The third kappa shape index (κ3) is 3.63. The van der Waals surface area contributed by atoms with Gasteiger partial charge in [-0.25, -0.2) is 0 Å². The Morgan fingerprint density at radius 3 is 2.68 bits per heavy atom. The lowest BCUT2D eigenvalue weighted by atomic mass is 10.1. The maximum atomic E-state index is 3.48. The summed E-state index contributed by atoms with van der Waals surface area (Å²) in [5.74, 6) is 0. The Morgan fingerprint density at radius 1 is 1.21 bits per heavy atom. The average molecular weight is 261 g/mol. The molecule has 0 saturated heterocycles. The number of para-hydroxylation sites is 2. The molecule has 19 heavy (non-hydrogen) atoms. The molecule has 0 aromatic heterocycles. The van der Waals surface area contributed by atoms with Gasteiger partial charge in [-0.05, 0) is 38.4 Å². The number of anilines is 2. The Hall–Kier alpha value is -1.22. The number of likely N-dealkylation sites (N-methyl/N-ethyl adjacent to an activating group) is 1. The first-order valence-electron chi connectivity index (χ1n) is 7.51.